The Bertz CT molecular complexity index is 397. The lowest BCUT2D eigenvalue weighted by Crippen LogP contribution is -2.37. The third-order valence-electron chi connectivity index (χ3n) is 3.67. The summed E-state index contributed by atoms with van der Waals surface area (Å²) in [6, 6.07) is 6.11. The Morgan fingerprint density at radius 2 is 2.33 bits per heavy atom. The number of nitrogens with zero attached hydrogens (tertiary/aromatic N) is 1. The molecule has 18 heavy (non-hydrogen) atoms. The van der Waals surface area contributed by atoms with E-state index in [1.54, 1.807) is 6.07 Å². The van der Waals surface area contributed by atoms with E-state index in [0.717, 1.165) is 18.7 Å². The van der Waals surface area contributed by atoms with Gasteiger partial charge in [-0.2, -0.15) is 0 Å². The van der Waals surface area contributed by atoms with Gasteiger partial charge in [0.2, 0.25) is 0 Å². The van der Waals surface area contributed by atoms with Crippen LogP contribution in [0.25, 0.3) is 0 Å². The number of halogens is 1. The number of hydrogen-bond acceptors (Lipinski definition) is 3. The number of hydrogen-bond donors (Lipinski definition) is 2. The molecule has 1 aliphatic heterocycles. The molecule has 4 heteroatoms. The minimum absolute atomic E-state index is 0.199. The summed E-state index contributed by atoms with van der Waals surface area (Å²) in [5.41, 5.74) is 0.864. The zero-order valence-corrected chi connectivity index (χ0v) is 11.6. The number of benzene rings is 1. The number of likely N-dealkylation sites (tertiary alicyclic amines) is 1. The van der Waals surface area contributed by atoms with E-state index in [2.05, 4.69) is 17.1 Å². The molecule has 2 N–H and O–H groups in total. The minimum atomic E-state index is 0.199. The average Bonchev–Trinajstić information content (AvgIpc) is 2.82. The van der Waals surface area contributed by atoms with Gasteiger partial charge in [0.05, 0.1) is 5.02 Å². The van der Waals surface area contributed by atoms with Crippen LogP contribution in [0.2, 0.25) is 5.02 Å². The van der Waals surface area contributed by atoms with E-state index in [-0.39, 0.29) is 5.75 Å². The number of phenolic OH excluding ortho intramolecular Hbond substituents is 1. The molecule has 0 saturated carbocycles. The molecule has 1 saturated heterocycles. The number of para-hydroxylation sites is 1. The fourth-order valence-corrected chi connectivity index (χ4v) is 2.81. The van der Waals surface area contributed by atoms with Crippen LogP contribution in [0.15, 0.2) is 18.2 Å². The highest BCUT2D eigenvalue weighted by atomic mass is 35.5. The predicted molar refractivity (Wildman–Crippen MR) is 75.1 cm³/mol. The number of phenols is 1. The summed E-state index contributed by atoms with van der Waals surface area (Å²) < 4.78 is 0. The van der Waals surface area contributed by atoms with Crippen molar-refractivity contribution in [3.63, 3.8) is 0 Å². The molecule has 0 aliphatic carbocycles. The molecule has 2 rings (SSSR count). The van der Waals surface area contributed by atoms with Crippen LogP contribution in [0.5, 0.6) is 5.75 Å². The molecule has 100 valence electrons. The molecule has 1 aromatic rings. The lowest BCUT2D eigenvalue weighted by Gasteiger charge is -2.23. The van der Waals surface area contributed by atoms with Crippen molar-refractivity contribution in [3.8, 4) is 5.75 Å². The molecular formula is C14H21ClN2O. The third kappa shape index (κ3) is 3.16. The summed E-state index contributed by atoms with van der Waals surface area (Å²) in [7, 11) is 0. The van der Waals surface area contributed by atoms with E-state index in [1.807, 2.05) is 12.1 Å². The molecule has 1 fully saturated rings. The van der Waals surface area contributed by atoms with Gasteiger partial charge in [-0.05, 0) is 32.0 Å². The average molecular weight is 269 g/mol. The monoisotopic (exact) mass is 268 g/mol. The minimum Gasteiger partial charge on any atom is -0.506 e. The second kappa shape index (κ2) is 6.41. The second-order valence-corrected chi connectivity index (χ2v) is 5.21. The fraction of sp³-hybridized carbons (Fsp3) is 0.571. The Morgan fingerprint density at radius 3 is 3.11 bits per heavy atom. The smallest absolute Gasteiger partial charge is 0.138 e. The molecule has 0 bridgehead atoms. The maximum absolute atomic E-state index is 9.81. The van der Waals surface area contributed by atoms with Gasteiger partial charge in [-0.3, -0.25) is 4.90 Å². The molecule has 1 aromatic carbocycles. The highest BCUT2D eigenvalue weighted by molar-refractivity contribution is 6.32. The quantitative estimate of drug-likeness (QED) is 0.862. The Balaban J connectivity index is 1.83. The first kappa shape index (κ1) is 13.7. The van der Waals surface area contributed by atoms with Crippen molar-refractivity contribution in [2.75, 3.05) is 19.6 Å². The van der Waals surface area contributed by atoms with Gasteiger partial charge in [0.15, 0.2) is 0 Å². The van der Waals surface area contributed by atoms with Crippen molar-refractivity contribution < 1.29 is 5.11 Å². The van der Waals surface area contributed by atoms with Crippen molar-refractivity contribution in [2.24, 2.45) is 0 Å². The van der Waals surface area contributed by atoms with Crippen molar-refractivity contribution in [1.82, 2.24) is 10.2 Å². The zero-order valence-electron chi connectivity index (χ0n) is 10.8. The predicted octanol–water partition coefficient (Wildman–Crippen LogP) is 2.62. The Kier molecular flexibility index (Phi) is 4.87. The van der Waals surface area contributed by atoms with Gasteiger partial charge in [-0.1, -0.05) is 30.7 Å². The number of nitrogens with one attached hydrogen (secondary N) is 1. The van der Waals surface area contributed by atoms with Gasteiger partial charge in [-0.15, -0.1) is 0 Å². The maximum Gasteiger partial charge on any atom is 0.138 e. The van der Waals surface area contributed by atoms with Gasteiger partial charge in [0, 0.05) is 24.7 Å². The summed E-state index contributed by atoms with van der Waals surface area (Å²) >= 11 is 5.88. The molecule has 0 spiro atoms. The normalized spacial score (nSPS) is 20.4. The topological polar surface area (TPSA) is 35.5 Å². The Morgan fingerprint density at radius 1 is 1.50 bits per heavy atom. The summed E-state index contributed by atoms with van der Waals surface area (Å²) in [4.78, 5) is 2.50. The molecule has 0 amide bonds. The van der Waals surface area contributed by atoms with Crippen molar-refractivity contribution in [1.29, 1.82) is 0 Å². The lowest BCUT2D eigenvalue weighted by atomic mass is 10.2. The first-order chi connectivity index (χ1) is 8.72. The van der Waals surface area contributed by atoms with Crippen LogP contribution < -0.4 is 5.32 Å². The van der Waals surface area contributed by atoms with Crippen LogP contribution in [0.1, 0.15) is 25.3 Å². The van der Waals surface area contributed by atoms with Crippen LogP contribution in [-0.4, -0.2) is 35.7 Å². The van der Waals surface area contributed by atoms with Crippen LogP contribution in [-0.2, 0) is 6.54 Å². The van der Waals surface area contributed by atoms with E-state index in [9.17, 15) is 5.11 Å². The van der Waals surface area contributed by atoms with E-state index in [1.165, 1.54) is 19.4 Å². The summed E-state index contributed by atoms with van der Waals surface area (Å²) in [5, 5.41) is 13.6. The first-order valence-electron chi connectivity index (χ1n) is 6.63. The number of rotatable bonds is 5. The lowest BCUT2D eigenvalue weighted by molar-refractivity contribution is 0.259. The van der Waals surface area contributed by atoms with Crippen molar-refractivity contribution in [2.45, 2.75) is 32.4 Å². The fourth-order valence-electron chi connectivity index (χ4n) is 2.62. The van der Waals surface area contributed by atoms with Crippen molar-refractivity contribution >= 4 is 11.6 Å². The van der Waals surface area contributed by atoms with Gasteiger partial charge in [-0.25, -0.2) is 0 Å². The molecule has 1 heterocycles. The highest BCUT2D eigenvalue weighted by Gasteiger charge is 2.22. The van der Waals surface area contributed by atoms with Gasteiger partial charge < -0.3 is 10.4 Å². The SMILES string of the molecule is CCN1CCCC1CNCc1cccc(Cl)c1O. The van der Waals surface area contributed by atoms with E-state index < -0.39 is 0 Å². The largest absolute Gasteiger partial charge is 0.506 e. The first-order valence-corrected chi connectivity index (χ1v) is 7.01. The Hall–Kier alpha value is -0.770. The van der Waals surface area contributed by atoms with Crippen LogP contribution in [0.3, 0.4) is 0 Å². The maximum atomic E-state index is 9.81. The molecule has 1 atom stereocenters. The third-order valence-corrected chi connectivity index (χ3v) is 3.98. The van der Waals surface area contributed by atoms with E-state index in [0.29, 0.717) is 17.6 Å². The van der Waals surface area contributed by atoms with E-state index in [4.69, 9.17) is 11.6 Å². The number of aromatic hydroxyl groups is 1. The van der Waals surface area contributed by atoms with Crippen molar-refractivity contribution in [3.05, 3.63) is 28.8 Å². The van der Waals surface area contributed by atoms with E-state index >= 15 is 0 Å². The summed E-state index contributed by atoms with van der Waals surface area (Å²) in [5.74, 6) is 0.199. The van der Waals surface area contributed by atoms with Gasteiger partial charge in [0.1, 0.15) is 5.75 Å². The van der Waals surface area contributed by atoms with Gasteiger partial charge in [0.25, 0.3) is 0 Å². The number of likely N-dealkylation sites (N-methyl/N-ethyl adjacent to an activating group) is 1. The molecule has 1 unspecified atom stereocenters. The molecule has 0 radical (unpaired) electrons. The second-order valence-electron chi connectivity index (χ2n) is 4.80. The van der Waals surface area contributed by atoms with Gasteiger partial charge >= 0.3 is 0 Å². The Labute approximate surface area is 114 Å². The standard InChI is InChI=1S/C14H21ClN2O/c1-2-17-8-4-6-12(17)10-16-9-11-5-3-7-13(15)14(11)18/h3,5,7,12,16,18H,2,4,6,8-10H2,1H3. The van der Waals surface area contributed by atoms with Crippen LogP contribution in [0, 0.1) is 0 Å². The highest BCUT2D eigenvalue weighted by Crippen LogP contribution is 2.26. The molecule has 1 aliphatic rings. The zero-order chi connectivity index (χ0) is 13.0. The van der Waals surface area contributed by atoms with Crippen LogP contribution >= 0.6 is 11.6 Å². The summed E-state index contributed by atoms with van der Waals surface area (Å²) in [6.45, 7) is 6.18. The molecule has 3 nitrogen and oxygen atoms in total. The molecular weight excluding hydrogens is 248 g/mol. The summed E-state index contributed by atoms with van der Waals surface area (Å²) in [6.07, 6.45) is 2.56. The van der Waals surface area contributed by atoms with Crippen LogP contribution in [0.4, 0.5) is 0 Å². The molecule has 0 aromatic heterocycles.